The van der Waals surface area contributed by atoms with Gasteiger partial charge in [0.05, 0.1) is 0 Å². The molecule has 0 unspecified atom stereocenters. The molecule has 0 saturated heterocycles. The molecular weight excluding hydrogens is 392 g/mol. The Morgan fingerprint density at radius 2 is 1.22 bits per heavy atom. The van der Waals surface area contributed by atoms with Crippen molar-refractivity contribution in [2.75, 3.05) is 0 Å². The van der Waals surface area contributed by atoms with Crippen molar-refractivity contribution in [1.82, 2.24) is 0 Å². The van der Waals surface area contributed by atoms with E-state index in [4.69, 9.17) is 18.4 Å². The van der Waals surface area contributed by atoms with E-state index in [1.54, 1.807) is 13.0 Å². The highest BCUT2D eigenvalue weighted by molar-refractivity contribution is 6.78. The molecule has 0 heterocycles. The second kappa shape index (κ2) is 9.94. The van der Waals surface area contributed by atoms with E-state index in [2.05, 4.69) is 19.7 Å². The zero-order valence-corrected chi connectivity index (χ0v) is 20.9. The first kappa shape index (κ1) is 26.0. The summed E-state index contributed by atoms with van der Waals surface area (Å²) in [5.74, 6) is -2.22. The molecule has 0 bridgehead atoms. The molecule has 0 aromatic heterocycles. The van der Waals surface area contributed by atoms with Gasteiger partial charge in [-0.15, -0.1) is 19.7 Å². The average Bonchev–Trinajstić information content (AvgIpc) is 2.53. The maximum Gasteiger partial charge on any atom is 0.330 e. The van der Waals surface area contributed by atoms with Crippen LogP contribution in [0.4, 0.5) is 0 Å². The summed E-state index contributed by atoms with van der Waals surface area (Å²) in [4.78, 5) is 11.1. The summed E-state index contributed by atoms with van der Waals surface area (Å²) in [6.45, 7) is 25.4. The molecule has 1 N–H and O–H groups in total. The van der Waals surface area contributed by atoms with Gasteiger partial charge in [0.2, 0.25) is 25.0 Å². The Hall–Kier alpha value is -1.04. The number of allylic oxidation sites excluding steroid dienone is 1. The molecule has 0 rings (SSSR count). The van der Waals surface area contributed by atoms with Gasteiger partial charge in [-0.1, -0.05) is 23.2 Å². The molecule has 8 heteroatoms. The number of hydrogen-bond donors (Lipinski definition) is 1. The van der Waals surface area contributed by atoms with Gasteiger partial charge in [-0.05, 0) is 52.6 Å². The Balaban J connectivity index is 6.06. The molecule has 0 aromatic rings. The Morgan fingerprint density at radius 3 is 1.48 bits per heavy atom. The third kappa shape index (κ3) is 9.63. The SMILES string of the molecule is C=C[Si](C)(C)OC(CCC=C(C)C(=O)O)(O[Si](C)(C)C=C)O[Si](C)(C)C=C. The average molecular weight is 429 g/mol. The van der Waals surface area contributed by atoms with Crippen LogP contribution in [0.5, 0.6) is 0 Å². The fourth-order valence-electron chi connectivity index (χ4n) is 2.10. The van der Waals surface area contributed by atoms with E-state index in [0.717, 1.165) is 0 Å². The van der Waals surface area contributed by atoms with E-state index in [-0.39, 0.29) is 5.57 Å². The van der Waals surface area contributed by atoms with Crippen molar-refractivity contribution in [2.45, 2.75) is 65.0 Å². The third-order valence-corrected chi connectivity index (χ3v) is 9.43. The molecule has 5 nitrogen and oxygen atoms in total. The molecule has 0 aliphatic carbocycles. The van der Waals surface area contributed by atoms with Gasteiger partial charge in [0.25, 0.3) is 5.97 Å². The summed E-state index contributed by atoms with van der Waals surface area (Å²) < 4.78 is 19.4. The predicted octanol–water partition coefficient (Wildman–Crippen LogP) is 5.29. The minimum absolute atomic E-state index is 0.282. The number of aliphatic carboxylic acids is 1. The Bertz CT molecular complexity index is 539. The normalized spacial score (nSPS) is 14.0. The van der Waals surface area contributed by atoms with Crippen LogP contribution in [-0.4, -0.2) is 42.0 Å². The lowest BCUT2D eigenvalue weighted by atomic mass is 10.2. The maximum absolute atomic E-state index is 11.1. The minimum atomic E-state index is -2.28. The predicted molar refractivity (Wildman–Crippen MR) is 120 cm³/mol. The van der Waals surface area contributed by atoms with E-state index >= 15 is 0 Å². The Morgan fingerprint density at radius 1 is 0.889 bits per heavy atom. The van der Waals surface area contributed by atoms with Gasteiger partial charge in [0.15, 0.2) is 0 Å². The van der Waals surface area contributed by atoms with Crippen LogP contribution in [0, 0.1) is 0 Å². The third-order valence-electron chi connectivity index (χ3n) is 3.97. The second-order valence-corrected chi connectivity index (χ2v) is 19.6. The first-order valence-corrected chi connectivity index (χ1v) is 18.0. The monoisotopic (exact) mass is 428 g/mol. The van der Waals surface area contributed by atoms with Crippen LogP contribution in [0.3, 0.4) is 0 Å². The van der Waals surface area contributed by atoms with Crippen LogP contribution < -0.4 is 0 Å². The van der Waals surface area contributed by atoms with Gasteiger partial charge in [-0.25, -0.2) is 4.79 Å². The topological polar surface area (TPSA) is 65.0 Å². The van der Waals surface area contributed by atoms with Crippen molar-refractivity contribution in [1.29, 1.82) is 0 Å². The van der Waals surface area contributed by atoms with Crippen molar-refractivity contribution >= 4 is 30.9 Å². The second-order valence-electron chi connectivity index (χ2n) is 8.14. The summed E-state index contributed by atoms with van der Waals surface area (Å²) in [7, 11) is -6.85. The van der Waals surface area contributed by atoms with Crippen molar-refractivity contribution in [3.63, 3.8) is 0 Å². The van der Waals surface area contributed by atoms with Gasteiger partial charge < -0.3 is 18.4 Å². The first-order chi connectivity index (χ1) is 12.1. The van der Waals surface area contributed by atoms with E-state index in [1.165, 1.54) is 0 Å². The van der Waals surface area contributed by atoms with Crippen molar-refractivity contribution in [3.8, 4) is 0 Å². The molecular formula is C19H36O5Si3. The molecule has 0 fully saturated rings. The van der Waals surface area contributed by atoms with E-state index in [0.29, 0.717) is 12.8 Å². The largest absolute Gasteiger partial charge is 0.478 e. The summed E-state index contributed by atoms with van der Waals surface area (Å²) in [6.07, 6.45) is 2.49. The van der Waals surface area contributed by atoms with Gasteiger partial charge in [-0.2, -0.15) is 0 Å². The summed E-state index contributed by atoms with van der Waals surface area (Å²) in [5.41, 5.74) is 5.78. The lowest BCUT2D eigenvalue weighted by Gasteiger charge is -2.45. The Kier molecular flexibility index (Phi) is 9.56. The van der Waals surface area contributed by atoms with Gasteiger partial charge in [0, 0.05) is 12.0 Å². The van der Waals surface area contributed by atoms with Crippen LogP contribution in [-0.2, 0) is 18.1 Å². The van der Waals surface area contributed by atoms with Crippen LogP contribution >= 0.6 is 0 Å². The lowest BCUT2D eigenvalue weighted by molar-refractivity contribution is -0.271. The van der Waals surface area contributed by atoms with Crippen molar-refractivity contribution < 1.29 is 23.2 Å². The molecule has 0 saturated carbocycles. The molecule has 0 atom stereocenters. The fourth-order valence-corrected chi connectivity index (χ4v) is 5.56. The lowest BCUT2D eigenvalue weighted by Crippen LogP contribution is -2.56. The molecule has 0 spiro atoms. The van der Waals surface area contributed by atoms with E-state index in [1.807, 2.05) is 56.4 Å². The maximum atomic E-state index is 11.1. The molecule has 0 aliphatic heterocycles. The molecule has 0 aromatic carbocycles. The van der Waals surface area contributed by atoms with Crippen molar-refractivity contribution in [2.24, 2.45) is 0 Å². The molecule has 0 aliphatic rings. The minimum Gasteiger partial charge on any atom is -0.478 e. The smallest absolute Gasteiger partial charge is 0.330 e. The van der Waals surface area contributed by atoms with Crippen LogP contribution in [0.25, 0.3) is 0 Å². The van der Waals surface area contributed by atoms with Crippen molar-refractivity contribution in [3.05, 3.63) is 48.5 Å². The first-order valence-electron chi connectivity index (χ1n) is 9.04. The Labute approximate surface area is 167 Å². The standard InChI is InChI=1S/C19H36O5Si3/c1-11-25(5,6)22-19(23-26(7,8)12-2,24-27(9,10)13-3)16-14-15-17(4)18(20)21/h11-13,15H,1-3,14,16H2,4-10H3,(H,20,21). The summed E-state index contributed by atoms with van der Waals surface area (Å²) in [5, 5.41) is 9.10. The highest BCUT2D eigenvalue weighted by Gasteiger charge is 2.46. The zero-order valence-electron chi connectivity index (χ0n) is 17.9. The fraction of sp³-hybridized carbons (Fsp3) is 0.526. The van der Waals surface area contributed by atoms with Crippen LogP contribution in [0.15, 0.2) is 48.5 Å². The highest BCUT2D eigenvalue weighted by atomic mass is 28.4. The zero-order chi connectivity index (χ0) is 21.5. The quantitative estimate of drug-likeness (QED) is 0.245. The van der Waals surface area contributed by atoms with E-state index < -0.39 is 36.9 Å². The number of rotatable bonds is 13. The molecule has 0 radical (unpaired) electrons. The number of carboxylic acid groups (broad SMARTS) is 1. The molecule has 27 heavy (non-hydrogen) atoms. The van der Waals surface area contributed by atoms with Gasteiger partial charge in [0.1, 0.15) is 0 Å². The van der Waals surface area contributed by atoms with Crippen LogP contribution in [0.1, 0.15) is 19.8 Å². The number of hydrogen-bond acceptors (Lipinski definition) is 4. The van der Waals surface area contributed by atoms with Gasteiger partial charge >= 0.3 is 5.97 Å². The van der Waals surface area contributed by atoms with E-state index in [9.17, 15) is 4.79 Å². The van der Waals surface area contributed by atoms with Gasteiger partial charge in [-0.3, -0.25) is 0 Å². The number of carboxylic acids is 1. The molecule has 0 amide bonds. The summed E-state index contributed by atoms with van der Waals surface area (Å²) >= 11 is 0. The van der Waals surface area contributed by atoms with Crippen LogP contribution in [0.2, 0.25) is 39.3 Å². The number of carbonyl (C=O) groups is 1. The molecule has 154 valence electrons. The highest BCUT2D eigenvalue weighted by Crippen LogP contribution is 2.34. The summed E-state index contributed by atoms with van der Waals surface area (Å²) in [6, 6.07) is 0.